The molecule has 0 saturated carbocycles. The Bertz CT molecular complexity index is 828. The molecule has 1 N–H and O–H groups in total. The summed E-state index contributed by atoms with van der Waals surface area (Å²) in [6.07, 6.45) is 5.90. The quantitative estimate of drug-likeness (QED) is 0.545. The van der Waals surface area contributed by atoms with E-state index < -0.39 is 5.97 Å². The highest BCUT2D eigenvalue weighted by atomic mass is 32.1. The highest BCUT2D eigenvalue weighted by Gasteiger charge is 2.27. The number of hydrogen-bond donors (Lipinski definition) is 1. The van der Waals surface area contributed by atoms with E-state index in [9.17, 15) is 9.59 Å². The average Bonchev–Trinajstić information content (AvgIpc) is 3.05. The number of ether oxygens (including phenoxy) is 2. The fraction of sp³-hybridized carbons (Fsp3) is 0.429. The van der Waals surface area contributed by atoms with Crippen molar-refractivity contribution < 1.29 is 19.1 Å². The minimum Gasteiger partial charge on any atom is -0.493 e. The van der Waals surface area contributed by atoms with Crippen LogP contribution in [0.25, 0.3) is 0 Å². The summed E-state index contributed by atoms with van der Waals surface area (Å²) >= 11 is 1.48. The lowest BCUT2D eigenvalue weighted by molar-refractivity contribution is 0.0601. The summed E-state index contributed by atoms with van der Waals surface area (Å²) in [5, 5.41) is 3.50. The molecule has 0 bridgehead atoms. The van der Waals surface area contributed by atoms with Crippen LogP contribution in [0.1, 0.15) is 63.8 Å². The molecule has 1 aromatic heterocycles. The largest absolute Gasteiger partial charge is 0.493 e. The van der Waals surface area contributed by atoms with Crippen molar-refractivity contribution in [2.75, 3.05) is 19.0 Å². The number of para-hydroxylation sites is 1. The monoisotopic (exact) mass is 387 g/mol. The van der Waals surface area contributed by atoms with E-state index in [1.165, 1.54) is 23.3 Å². The third-order valence-electron chi connectivity index (χ3n) is 4.68. The van der Waals surface area contributed by atoms with E-state index in [-0.39, 0.29) is 5.91 Å². The first-order valence-corrected chi connectivity index (χ1v) is 10.2. The molecule has 0 aliphatic heterocycles. The van der Waals surface area contributed by atoms with Crippen LogP contribution in [0.2, 0.25) is 0 Å². The lowest BCUT2D eigenvalue weighted by Gasteiger charge is -2.12. The molecular weight excluding hydrogens is 362 g/mol. The van der Waals surface area contributed by atoms with E-state index in [2.05, 4.69) is 12.2 Å². The summed E-state index contributed by atoms with van der Waals surface area (Å²) in [7, 11) is 1.37. The van der Waals surface area contributed by atoms with Crippen molar-refractivity contribution in [3.8, 4) is 5.75 Å². The molecule has 3 rings (SSSR count). The molecule has 1 amide bonds. The summed E-state index contributed by atoms with van der Waals surface area (Å²) in [6.45, 7) is 2.66. The molecule has 6 heteroatoms. The van der Waals surface area contributed by atoms with Gasteiger partial charge in [-0.1, -0.05) is 25.5 Å². The van der Waals surface area contributed by atoms with Gasteiger partial charge in [-0.25, -0.2) is 4.79 Å². The molecule has 1 aliphatic carbocycles. The van der Waals surface area contributed by atoms with Crippen LogP contribution in [0.15, 0.2) is 24.3 Å². The van der Waals surface area contributed by atoms with Crippen LogP contribution in [0.5, 0.6) is 5.75 Å². The van der Waals surface area contributed by atoms with Crippen molar-refractivity contribution >= 4 is 28.2 Å². The SMILES string of the molecule is CCCCOc1ccccc1C(=O)Nc1sc2c(c1C(=O)OC)CCCC2. The van der Waals surface area contributed by atoms with Gasteiger partial charge in [-0.3, -0.25) is 4.79 Å². The van der Waals surface area contributed by atoms with E-state index >= 15 is 0 Å². The van der Waals surface area contributed by atoms with Gasteiger partial charge in [0.2, 0.25) is 0 Å². The number of methoxy groups -OCH3 is 1. The van der Waals surface area contributed by atoms with Crippen LogP contribution in [-0.4, -0.2) is 25.6 Å². The number of unbranched alkanes of at least 4 members (excludes halogenated alkanes) is 1. The summed E-state index contributed by atoms with van der Waals surface area (Å²) in [5.74, 6) is -0.104. The number of nitrogens with one attached hydrogen (secondary N) is 1. The van der Waals surface area contributed by atoms with Crippen molar-refractivity contribution in [1.82, 2.24) is 0 Å². The summed E-state index contributed by atoms with van der Waals surface area (Å²) in [5.41, 5.74) is 2.01. The minimum atomic E-state index is -0.391. The number of anilines is 1. The van der Waals surface area contributed by atoms with Gasteiger partial charge < -0.3 is 14.8 Å². The Morgan fingerprint density at radius 3 is 2.74 bits per heavy atom. The van der Waals surface area contributed by atoms with Crippen LogP contribution < -0.4 is 10.1 Å². The third-order valence-corrected chi connectivity index (χ3v) is 5.88. The minimum absolute atomic E-state index is 0.272. The molecule has 1 aliphatic rings. The smallest absolute Gasteiger partial charge is 0.341 e. The maximum atomic E-state index is 12.9. The first kappa shape index (κ1) is 19.4. The first-order valence-electron chi connectivity index (χ1n) is 9.41. The number of carbonyl (C=O) groups excluding carboxylic acids is 2. The Hall–Kier alpha value is -2.34. The van der Waals surface area contributed by atoms with E-state index in [0.717, 1.165) is 44.1 Å². The van der Waals surface area contributed by atoms with Crippen LogP contribution >= 0.6 is 11.3 Å². The maximum absolute atomic E-state index is 12.9. The lowest BCUT2D eigenvalue weighted by atomic mass is 9.95. The number of carbonyl (C=O) groups is 2. The second kappa shape index (κ2) is 9.04. The molecule has 0 radical (unpaired) electrons. The second-order valence-electron chi connectivity index (χ2n) is 6.56. The second-order valence-corrected chi connectivity index (χ2v) is 7.66. The van der Waals surface area contributed by atoms with Crippen molar-refractivity contribution in [2.24, 2.45) is 0 Å². The van der Waals surface area contributed by atoms with Gasteiger partial charge in [0.05, 0.1) is 24.8 Å². The standard InChI is InChI=1S/C21H25NO4S/c1-3-4-13-26-16-11-7-5-9-14(16)19(23)22-20-18(21(24)25-2)15-10-6-8-12-17(15)27-20/h5,7,9,11H,3-4,6,8,10,12-13H2,1-2H3,(H,22,23). The fourth-order valence-electron chi connectivity index (χ4n) is 3.25. The lowest BCUT2D eigenvalue weighted by Crippen LogP contribution is -2.16. The number of esters is 1. The number of thiophene rings is 1. The van der Waals surface area contributed by atoms with E-state index in [4.69, 9.17) is 9.47 Å². The summed E-state index contributed by atoms with van der Waals surface area (Å²) in [4.78, 5) is 26.4. The van der Waals surface area contributed by atoms with Crippen LogP contribution in [-0.2, 0) is 17.6 Å². The number of amides is 1. The highest BCUT2D eigenvalue weighted by molar-refractivity contribution is 7.17. The van der Waals surface area contributed by atoms with Crippen molar-refractivity contribution in [3.05, 3.63) is 45.8 Å². The third kappa shape index (κ3) is 4.33. The predicted molar refractivity (Wildman–Crippen MR) is 107 cm³/mol. The van der Waals surface area contributed by atoms with Gasteiger partial charge >= 0.3 is 5.97 Å². The highest BCUT2D eigenvalue weighted by Crippen LogP contribution is 2.39. The summed E-state index contributed by atoms with van der Waals surface area (Å²) in [6, 6.07) is 7.19. The van der Waals surface area contributed by atoms with Gasteiger partial charge in [-0.2, -0.15) is 0 Å². The van der Waals surface area contributed by atoms with Crippen LogP contribution in [0.3, 0.4) is 0 Å². The van der Waals surface area contributed by atoms with E-state index in [1.54, 1.807) is 12.1 Å². The zero-order valence-electron chi connectivity index (χ0n) is 15.8. The molecule has 0 spiro atoms. The van der Waals surface area contributed by atoms with Crippen LogP contribution in [0, 0.1) is 0 Å². The Balaban J connectivity index is 1.86. The van der Waals surface area contributed by atoms with Gasteiger partial charge in [0.1, 0.15) is 10.8 Å². The molecule has 5 nitrogen and oxygen atoms in total. The molecule has 27 heavy (non-hydrogen) atoms. The van der Waals surface area contributed by atoms with Gasteiger partial charge in [0.25, 0.3) is 5.91 Å². The van der Waals surface area contributed by atoms with Crippen LogP contribution in [0.4, 0.5) is 5.00 Å². The van der Waals surface area contributed by atoms with Crippen molar-refractivity contribution in [2.45, 2.75) is 45.4 Å². The van der Waals surface area contributed by atoms with E-state index in [0.29, 0.717) is 28.5 Å². The molecule has 0 fully saturated rings. The Morgan fingerprint density at radius 1 is 1.19 bits per heavy atom. The Labute approximate surface area is 163 Å². The topological polar surface area (TPSA) is 64.6 Å². The molecule has 2 aromatic rings. The van der Waals surface area contributed by atoms with Crippen molar-refractivity contribution in [3.63, 3.8) is 0 Å². The fourth-order valence-corrected chi connectivity index (χ4v) is 4.52. The number of benzene rings is 1. The zero-order chi connectivity index (χ0) is 19.2. The first-order chi connectivity index (χ1) is 13.2. The molecular formula is C21H25NO4S. The molecule has 1 aromatic carbocycles. The Morgan fingerprint density at radius 2 is 1.96 bits per heavy atom. The number of fused-ring (bicyclic) bond motifs is 1. The molecule has 0 unspecified atom stereocenters. The predicted octanol–water partition coefficient (Wildman–Crippen LogP) is 4.84. The van der Waals surface area contributed by atoms with Crippen molar-refractivity contribution in [1.29, 1.82) is 0 Å². The number of hydrogen-bond acceptors (Lipinski definition) is 5. The van der Waals surface area contributed by atoms with E-state index in [1.807, 2.05) is 12.1 Å². The molecule has 144 valence electrons. The van der Waals surface area contributed by atoms with Gasteiger partial charge in [-0.15, -0.1) is 11.3 Å². The number of rotatable bonds is 7. The molecule has 1 heterocycles. The molecule has 0 saturated heterocycles. The zero-order valence-corrected chi connectivity index (χ0v) is 16.6. The Kier molecular flexibility index (Phi) is 6.50. The van der Waals surface area contributed by atoms with Gasteiger partial charge in [0, 0.05) is 4.88 Å². The van der Waals surface area contributed by atoms with Gasteiger partial charge in [-0.05, 0) is 49.8 Å². The summed E-state index contributed by atoms with van der Waals surface area (Å²) < 4.78 is 10.7. The maximum Gasteiger partial charge on any atom is 0.341 e. The normalized spacial score (nSPS) is 13.0. The number of aryl methyl sites for hydroxylation is 1. The van der Waals surface area contributed by atoms with Gasteiger partial charge in [0.15, 0.2) is 0 Å². The molecule has 0 atom stereocenters. The average molecular weight is 388 g/mol.